The van der Waals surface area contributed by atoms with Crippen LogP contribution in [0.5, 0.6) is 0 Å². The lowest BCUT2D eigenvalue weighted by Gasteiger charge is -2.27. The Hall–Kier alpha value is -2.03. The summed E-state index contributed by atoms with van der Waals surface area (Å²) in [5, 5.41) is 0. The lowest BCUT2D eigenvalue weighted by Crippen LogP contribution is -2.29. The summed E-state index contributed by atoms with van der Waals surface area (Å²) >= 11 is 0. The average molecular weight is 268 g/mol. The van der Waals surface area contributed by atoms with Crippen LogP contribution in [0.2, 0.25) is 0 Å². The van der Waals surface area contributed by atoms with Crippen LogP contribution in [0, 0.1) is 0 Å². The summed E-state index contributed by atoms with van der Waals surface area (Å²) in [6.07, 6.45) is 5.81. The Morgan fingerprint density at radius 2 is 1.65 bits per heavy atom. The van der Waals surface area contributed by atoms with E-state index in [1.807, 2.05) is 41.0 Å². The minimum absolute atomic E-state index is 0.0433. The van der Waals surface area contributed by atoms with E-state index in [-0.39, 0.29) is 11.6 Å². The van der Waals surface area contributed by atoms with Gasteiger partial charge in [-0.05, 0) is 30.5 Å². The van der Waals surface area contributed by atoms with Crippen molar-refractivity contribution in [3.05, 3.63) is 52.8 Å². The van der Waals surface area contributed by atoms with Gasteiger partial charge in [0.05, 0.1) is 11.4 Å². The van der Waals surface area contributed by atoms with Crippen LogP contribution < -0.4 is 11.3 Å². The number of nitrogens with zero attached hydrogens (tertiary/aromatic N) is 1. The third-order valence-electron chi connectivity index (χ3n) is 4.16. The molecule has 1 aromatic heterocycles. The second-order valence-corrected chi connectivity index (χ2v) is 5.51. The van der Waals surface area contributed by atoms with Crippen LogP contribution >= 0.6 is 0 Å². The molecular weight excluding hydrogens is 248 g/mol. The smallest absolute Gasteiger partial charge is 0.274 e. The molecule has 0 atom stereocenters. The second kappa shape index (κ2) is 5.53. The van der Waals surface area contributed by atoms with Crippen molar-refractivity contribution in [3.63, 3.8) is 0 Å². The molecule has 0 unspecified atom stereocenters. The molecule has 3 rings (SSSR count). The average Bonchev–Trinajstić information content (AvgIpc) is 2.51. The Morgan fingerprint density at radius 1 is 0.950 bits per heavy atom. The molecule has 1 fully saturated rings. The minimum Gasteiger partial charge on any atom is -0.394 e. The molecule has 1 aromatic carbocycles. The van der Waals surface area contributed by atoms with Crippen molar-refractivity contribution in [2.24, 2.45) is 0 Å². The molecule has 3 heteroatoms. The first-order valence-electron chi connectivity index (χ1n) is 7.34. The van der Waals surface area contributed by atoms with Gasteiger partial charge in [0, 0.05) is 6.04 Å². The van der Waals surface area contributed by atoms with E-state index in [9.17, 15) is 4.79 Å². The molecule has 1 aliphatic rings. The van der Waals surface area contributed by atoms with Crippen LogP contribution in [-0.2, 0) is 0 Å². The molecule has 1 aliphatic carbocycles. The molecule has 0 amide bonds. The summed E-state index contributed by atoms with van der Waals surface area (Å²) in [7, 11) is 0. The van der Waals surface area contributed by atoms with Crippen molar-refractivity contribution in [2.75, 3.05) is 5.73 Å². The van der Waals surface area contributed by atoms with Gasteiger partial charge in [-0.3, -0.25) is 4.79 Å². The number of anilines is 1. The van der Waals surface area contributed by atoms with Crippen LogP contribution in [0.1, 0.15) is 38.1 Å². The first-order chi connectivity index (χ1) is 9.77. The quantitative estimate of drug-likeness (QED) is 0.904. The fraction of sp³-hybridized carbons (Fsp3) is 0.353. The zero-order valence-corrected chi connectivity index (χ0v) is 11.6. The zero-order chi connectivity index (χ0) is 13.9. The summed E-state index contributed by atoms with van der Waals surface area (Å²) in [5.74, 6) is 0. The van der Waals surface area contributed by atoms with Crippen LogP contribution in [0.3, 0.4) is 0 Å². The lowest BCUT2D eigenvalue weighted by molar-refractivity contribution is 0.349. The maximum atomic E-state index is 12.5. The number of aromatic nitrogens is 1. The summed E-state index contributed by atoms with van der Waals surface area (Å²) in [4.78, 5) is 12.5. The largest absolute Gasteiger partial charge is 0.394 e. The van der Waals surface area contributed by atoms with Crippen molar-refractivity contribution < 1.29 is 0 Å². The van der Waals surface area contributed by atoms with Crippen LogP contribution in [0.4, 0.5) is 5.69 Å². The molecule has 0 spiro atoms. The third kappa shape index (κ3) is 2.36. The molecule has 0 radical (unpaired) electrons. The van der Waals surface area contributed by atoms with Gasteiger partial charge in [-0.25, -0.2) is 0 Å². The summed E-state index contributed by atoms with van der Waals surface area (Å²) in [5.41, 5.74) is 8.20. The maximum absolute atomic E-state index is 12.5. The molecule has 2 N–H and O–H groups in total. The Kier molecular flexibility index (Phi) is 3.59. The monoisotopic (exact) mass is 268 g/mol. The Bertz CT molecular complexity index is 640. The van der Waals surface area contributed by atoms with Crippen molar-refractivity contribution in [1.82, 2.24) is 4.57 Å². The highest BCUT2D eigenvalue weighted by Gasteiger charge is 2.20. The van der Waals surface area contributed by atoms with Gasteiger partial charge in [-0.15, -0.1) is 0 Å². The van der Waals surface area contributed by atoms with Gasteiger partial charge < -0.3 is 10.3 Å². The van der Waals surface area contributed by atoms with E-state index in [2.05, 4.69) is 0 Å². The first-order valence-corrected chi connectivity index (χ1v) is 7.34. The summed E-state index contributed by atoms with van der Waals surface area (Å²) < 4.78 is 1.92. The summed E-state index contributed by atoms with van der Waals surface area (Å²) in [6.45, 7) is 0. The molecule has 104 valence electrons. The SMILES string of the molecule is Nc1ccc(-c2ccccc2)n(C2CCCCC2)c1=O. The molecule has 1 heterocycles. The van der Waals surface area contributed by atoms with E-state index in [1.54, 1.807) is 6.07 Å². The molecule has 3 nitrogen and oxygen atoms in total. The van der Waals surface area contributed by atoms with Crippen LogP contribution in [-0.4, -0.2) is 4.57 Å². The standard InChI is InChI=1S/C17H20N2O/c18-15-11-12-16(13-7-3-1-4-8-13)19(17(15)20)14-9-5-2-6-10-14/h1,3-4,7-8,11-12,14H,2,5-6,9-10,18H2. The predicted octanol–water partition coefficient (Wildman–Crippen LogP) is 3.60. The second-order valence-electron chi connectivity index (χ2n) is 5.51. The highest BCUT2D eigenvalue weighted by molar-refractivity contribution is 5.61. The Morgan fingerprint density at radius 3 is 2.35 bits per heavy atom. The zero-order valence-electron chi connectivity index (χ0n) is 11.6. The van der Waals surface area contributed by atoms with Gasteiger partial charge in [-0.2, -0.15) is 0 Å². The van der Waals surface area contributed by atoms with E-state index in [0.29, 0.717) is 5.69 Å². The summed E-state index contributed by atoms with van der Waals surface area (Å²) in [6, 6.07) is 14.1. The van der Waals surface area contributed by atoms with Crippen molar-refractivity contribution in [2.45, 2.75) is 38.1 Å². The van der Waals surface area contributed by atoms with E-state index in [4.69, 9.17) is 5.73 Å². The molecule has 2 aromatic rings. The van der Waals surface area contributed by atoms with Crippen molar-refractivity contribution >= 4 is 5.69 Å². The molecule has 1 saturated carbocycles. The van der Waals surface area contributed by atoms with E-state index in [1.165, 1.54) is 19.3 Å². The number of nitrogen functional groups attached to an aromatic ring is 1. The van der Waals surface area contributed by atoms with Gasteiger partial charge in [-0.1, -0.05) is 49.6 Å². The first kappa shape index (κ1) is 13.0. The number of rotatable bonds is 2. The van der Waals surface area contributed by atoms with E-state index >= 15 is 0 Å². The highest BCUT2D eigenvalue weighted by atomic mass is 16.1. The van der Waals surface area contributed by atoms with Gasteiger partial charge in [0.1, 0.15) is 0 Å². The molecule has 0 saturated heterocycles. The topological polar surface area (TPSA) is 48.0 Å². The number of hydrogen-bond donors (Lipinski definition) is 1. The van der Waals surface area contributed by atoms with Gasteiger partial charge >= 0.3 is 0 Å². The highest BCUT2D eigenvalue weighted by Crippen LogP contribution is 2.31. The fourth-order valence-corrected chi connectivity index (χ4v) is 3.11. The predicted molar refractivity (Wildman–Crippen MR) is 82.7 cm³/mol. The maximum Gasteiger partial charge on any atom is 0.274 e. The Balaban J connectivity index is 2.14. The minimum atomic E-state index is -0.0433. The lowest BCUT2D eigenvalue weighted by atomic mass is 9.94. The normalized spacial score (nSPS) is 16.2. The fourth-order valence-electron chi connectivity index (χ4n) is 3.11. The van der Waals surface area contributed by atoms with Crippen molar-refractivity contribution in [3.8, 4) is 11.3 Å². The van der Waals surface area contributed by atoms with Crippen LogP contribution in [0.25, 0.3) is 11.3 Å². The number of pyridine rings is 1. The Labute approximate surface area is 119 Å². The molecular formula is C17H20N2O. The van der Waals surface area contributed by atoms with Crippen LogP contribution in [0.15, 0.2) is 47.3 Å². The van der Waals surface area contributed by atoms with Gasteiger partial charge in [0.2, 0.25) is 0 Å². The van der Waals surface area contributed by atoms with Gasteiger partial charge in [0.15, 0.2) is 0 Å². The number of hydrogen-bond acceptors (Lipinski definition) is 2. The molecule has 20 heavy (non-hydrogen) atoms. The third-order valence-corrected chi connectivity index (χ3v) is 4.16. The van der Waals surface area contributed by atoms with E-state index in [0.717, 1.165) is 24.1 Å². The van der Waals surface area contributed by atoms with Gasteiger partial charge in [0.25, 0.3) is 5.56 Å². The molecule has 0 bridgehead atoms. The van der Waals surface area contributed by atoms with Crippen molar-refractivity contribution in [1.29, 1.82) is 0 Å². The number of nitrogens with two attached hydrogens (primary N) is 1. The molecule has 0 aliphatic heterocycles. The number of benzene rings is 1. The van der Waals surface area contributed by atoms with E-state index < -0.39 is 0 Å².